The second-order valence-corrected chi connectivity index (χ2v) is 16.5. The van der Waals surface area contributed by atoms with Crippen molar-refractivity contribution in [1.82, 2.24) is 0 Å². The Morgan fingerprint density at radius 2 is 0.774 bits per heavy atom. The van der Waals surface area contributed by atoms with Gasteiger partial charge in [0, 0.05) is 11.1 Å². The van der Waals surface area contributed by atoms with Crippen molar-refractivity contribution < 1.29 is 38.9 Å². The summed E-state index contributed by atoms with van der Waals surface area (Å²) in [5.41, 5.74) is 13.4. The third kappa shape index (κ3) is 8.67. The Balaban J connectivity index is 1.48. The van der Waals surface area contributed by atoms with Crippen LogP contribution in [0.15, 0.2) is 106 Å². The number of hydrogen-bond acceptors (Lipinski definition) is 13. The molecule has 0 bridgehead atoms. The number of azo groups is 3. The van der Waals surface area contributed by atoms with E-state index in [0.717, 1.165) is 40.5 Å². The van der Waals surface area contributed by atoms with Crippen molar-refractivity contribution in [3.05, 3.63) is 94.0 Å². The van der Waals surface area contributed by atoms with Crippen LogP contribution in [0.1, 0.15) is 33.4 Å². The Morgan fingerprint density at radius 1 is 0.415 bits per heavy atom. The molecule has 0 atom stereocenters. The van der Waals surface area contributed by atoms with Crippen molar-refractivity contribution in [2.45, 2.75) is 56.2 Å². The highest BCUT2D eigenvalue weighted by atomic mass is 32.2. The molecule has 0 saturated heterocycles. The zero-order valence-electron chi connectivity index (χ0n) is 29.1. The number of nitrogen functional groups attached to an aromatic ring is 1. The van der Waals surface area contributed by atoms with Crippen LogP contribution in [0.5, 0.6) is 0 Å². The van der Waals surface area contributed by atoms with Gasteiger partial charge in [-0.05, 0) is 141 Å². The fraction of sp³-hybridized carbons (Fsp3) is 0.176. The molecular weight excluding hydrogens is 747 g/mol. The minimum absolute atomic E-state index is 0.257. The molecule has 0 amide bonds. The topological polar surface area (TPSA) is 263 Å². The van der Waals surface area contributed by atoms with Crippen LogP contribution >= 0.6 is 0 Å². The maximum atomic E-state index is 12.3. The van der Waals surface area contributed by atoms with Crippen LogP contribution in [0.3, 0.4) is 0 Å². The van der Waals surface area contributed by atoms with Crippen molar-refractivity contribution >= 4 is 80.9 Å². The molecule has 0 saturated carbocycles. The standard InChI is InChI=1S/C34H33N7O9S3/c1-17-8-27(18(2)7-26(17)35)36-37-28-9-20(4)29(10-19(28)3)38-39-30-11-22(6)31(12-21(30)5)40-41-32-16-25-23(14-34(32)53(48,49)50)13-24(51(42,43)44)15-33(25)52(45,46)47/h7-16H,35H2,1-6H3,(H,42,43,44)(H,45,46,47)(H,48,49,50). The number of anilines is 1. The van der Waals surface area contributed by atoms with E-state index in [0.29, 0.717) is 45.6 Å². The lowest BCUT2D eigenvalue weighted by Gasteiger charge is -2.10. The van der Waals surface area contributed by atoms with E-state index in [1.54, 1.807) is 26.0 Å². The summed E-state index contributed by atoms with van der Waals surface area (Å²) in [6, 6.07) is 13.6. The molecule has 5 N–H and O–H groups in total. The molecule has 53 heavy (non-hydrogen) atoms. The van der Waals surface area contributed by atoms with Crippen molar-refractivity contribution in [2.75, 3.05) is 5.73 Å². The number of nitrogens with zero attached hydrogens (tertiary/aromatic N) is 6. The average Bonchev–Trinajstić information content (AvgIpc) is 3.04. The lowest BCUT2D eigenvalue weighted by Crippen LogP contribution is -2.05. The van der Waals surface area contributed by atoms with E-state index in [4.69, 9.17) is 5.73 Å². The molecule has 5 aromatic rings. The van der Waals surface area contributed by atoms with Gasteiger partial charge in [0.05, 0.1) is 33.3 Å². The molecular formula is C34H33N7O9S3. The molecule has 0 aliphatic rings. The van der Waals surface area contributed by atoms with Crippen LogP contribution in [-0.2, 0) is 30.4 Å². The predicted octanol–water partition coefficient (Wildman–Crippen LogP) is 9.26. The fourth-order valence-corrected chi connectivity index (χ4v) is 7.21. The lowest BCUT2D eigenvalue weighted by atomic mass is 10.1. The molecule has 0 aromatic heterocycles. The van der Waals surface area contributed by atoms with Gasteiger partial charge in [-0.2, -0.15) is 50.8 Å². The fourth-order valence-electron chi connectivity index (χ4n) is 5.22. The third-order valence-corrected chi connectivity index (χ3v) is 10.8. The van der Waals surface area contributed by atoms with Gasteiger partial charge >= 0.3 is 0 Å². The summed E-state index contributed by atoms with van der Waals surface area (Å²) in [6.45, 7) is 11.0. The highest BCUT2D eigenvalue weighted by molar-refractivity contribution is 7.87. The zero-order valence-corrected chi connectivity index (χ0v) is 31.5. The highest BCUT2D eigenvalue weighted by Crippen LogP contribution is 2.38. The predicted molar refractivity (Wildman–Crippen MR) is 198 cm³/mol. The Labute approximate surface area is 305 Å². The first-order valence-electron chi connectivity index (χ1n) is 15.4. The number of rotatable bonds is 9. The van der Waals surface area contributed by atoms with Crippen molar-refractivity contribution in [2.24, 2.45) is 30.7 Å². The van der Waals surface area contributed by atoms with E-state index < -0.39 is 50.7 Å². The van der Waals surface area contributed by atoms with Crippen molar-refractivity contribution in [3.8, 4) is 0 Å². The lowest BCUT2D eigenvalue weighted by molar-refractivity contribution is 0.480. The molecule has 0 radical (unpaired) electrons. The van der Waals surface area contributed by atoms with Gasteiger partial charge in [0.15, 0.2) is 0 Å². The molecule has 5 rings (SSSR count). The summed E-state index contributed by atoms with van der Waals surface area (Å²) >= 11 is 0. The summed E-state index contributed by atoms with van der Waals surface area (Å²) in [4.78, 5) is -2.76. The number of nitrogens with two attached hydrogens (primary N) is 1. The molecule has 19 heteroatoms. The van der Waals surface area contributed by atoms with Gasteiger partial charge in [-0.15, -0.1) is 5.11 Å². The molecule has 0 aliphatic heterocycles. The molecule has 0 heterocycles. The third-order valence-electron chi connectivity index (χ3n) is 8.23. The van der Waals surface area contributed by atoms with Gasteiger partial charge in [0.1, 0.15) is 15.5 Å². The van der Waals surface area contributed by atoms with E-state index in [1.807, 2.05) is 52.0 Å². The smallest absolute Gasteiger partial charge is 0.296 e. The summed E-state index contributed by atoms with van der Waals surface area (Å²) in [7, 11) is -15.1. The molecule has 0 spiro atoms. The first-order chi connectivity index (χ1) is 24.5. The summed E-state index contributed by atoms with van der Waals surface area (Å²) in [5.74, 6) is 0. The van der Waals surface area contributed by atoms with Gasteiger partial charge in [-0.1, -0.05) is 0 Å². The first kappa shape index (κ1) is 38.9. The van der Waals surface area contributed by atoms with Crippen LogP contribution in [0.4, 0.5) is 39.8 Å². The Hall–Kier alpha value is -5.31. The summed E-state index contributed by atoms with van der Waals surface area (Å²) in [5, 5.41) is 25.1. The maximum absolute atomic E-state index is 12.3. The highest BCUT2D eigenvalue weighted by Gasteiger charge is 2.24. The molecule has 0 fully saturated rings. The minimum atomic E-state index is -5.10. The second-order valence-electron chi connectivity index (χ2n) is 12.3. The Morgan fingerprint density at radius 3 is 1.15 bits per heavy atom. The number of fused-ring (bicyclic) bond motifs is 1. The first-order valence-corrected chi connectivity index (χ1v) is 19.7. The van der Waals surface area contributed by atoms with Crippen LogP contribution in [0.25, 0.3) is 10.8 Å². The number of aryl methyl sites for hydroxylation is 6. The molecule has 276 valence electrons. The Kier molecular flexibility index (Phi) is 10.5. The molecule has 5 aromatic carbocycles. The van der Waals surface area contributed by atoms with Crippen molar-refractivity contribution in [1.29, 1.82) is 0 Å². The summed E-state index contributed by atoms with van der Waals surface area (Å²) in [6.07, 6.45) is 0. The maximum Gasteiger partial charge on any atom is 0.296 e. The van der Waals surface area contributed by atoms with Crippen LogP contribution in [0.2, 0.25) is 0 Å². The zero-order chi connectivity index (χ0) is 39.2. The Bertz CT molecular complexity index is 2780. The van der Waals surface area contributed by atoms with Crippen LogP contribution in [0, 0.1) is 41.5 Å². The van der Waals surface area contributed by atoms with E-state index >= 15 is 0 Å². The van der Waals surface area contributed by atoms with Gasteiger partial charge in [-0.3, -0.25) is 13.7 Å². The normalized spacial score (nSPS) is 12.9. The second kappa shape index (κ2) is 14.3. The van der Waals surface area contributed by atoms with Gasteiger partial charge in [0.2, 0.25) is 0 Å². The van der Waals surface area contributed by atoms with E-state index in [-0.39, 0.29) is 16.5 Å². The SMILES string of the molecule is Cc1cc(N=Nc2cc(C)c(N=Nc3cc(C)c(N=Nc4cc5c(S(=O)(=O)O)cc(S(=O)(=O)O)cc5cc4S(=O)(=O)O)cc3C)cc2C)c(C)cc1N. The van der Waals surface area contributed by atoms with Gasteiger partial charge in [0.25, 0.3) is 30.4 Å². The number of benzene rings is 5. The van der Waals surface area contributed by atoms with E-state index in [9.17, 15) is 38.9 Å². The van der Waals surface area contributed by atoms with Crippen LogP contribution in [-0.4, -0.2) is 38.9 Å². The largest absolute Gasteiger partial charge is 0.399 e. The quantitative estimate of drug-likeness (QED) is 0.0625. The summed E-state index contributed by atoms with van der Waals surface area (Å²) < 4.78 is 102. The van der Waals surface area contributed by atoms with Gasteiger partial charge in [-0.25, -0.2) is 0 Å². The van der Waals surface area contributed by atoms with Gasteiger partial charge < -0.3 is 5.73 Å². The van der Waals surface area contributed by atoms with Crippen LogP contribution < -0.4 is 5.73 Å². The molecule has 0 unspecified atom stereocenters. The molecule has 16 nitrogen and oxygen atoms in total. The molecule has 0 aliphatic carbocycles. The number of hydrogen-bond donors (Lipinski definition) is 4. The van der Waals surface area contributed by atoms with Crippen molar-refractivity contribution in [3.63, 3.8) is 0 Å². The minimum Gasteiger partial charge on any atom is -0.399 e. The van der Waals surface area contributed by atoms with E-state index in [2.05, 4.69) is 30.7 Å². The van der Waals surface area contributed by atoms with E-state index in [1.165, 1.54) is 0 Å². The monoisotopic (exact) mass is 779 g/mol. The average molecular weight is 780 g/mol.